The van der Waals surface area contributed by atoms with Crippen LogP contribution in [0.1, 0.15) is 29.7 Å². The van der Waals surface area contributed by atoms with Crippen molar-refractivity contribution in [1.29, 1.82) is 0 Å². The van der Waals surface area contributed by atoms with E-state index in [-0.39, 0.29) is 9.15 Å². The maximum Gasteiger partial charge on any atom is 0.441 e. The van der Waals surface area contributed by atoms with E-state index in [0.717, 1.165) is 0 Å². The first-order valence-electron chi connectivity index (χ1n) is 13.2. The standard InChI is InChI=1S/C23H10Br2F18N10/c1-6-12(51-11(20(32,33)34)3-9(44-51)18(26,27)28)14(21(35,36)37)46-50(6)13-7(2)52(47-15(13)22(38,39)40)53-17(23(41,42)43,4-10(45-53)19(29,30)31)49-5-8(24)16(25)48-49/h3-5,45H,1-2H3/p+1. The molecule has 0 aromatic carbocycles. The molecule has 0 saturated carbocycles. The Hall–Kier alpha value is -3.80. The van der Waals surface area contributed by atoms with E-state index in [0.29, 0.717) is 20.0 Å². The molecule has 0 radical (unpaired) electrons. The lowest BCUT2D eigenvalue weighted by Crippen LogP contribution is -3.15. The molecule has 2 atom stereocenters. The fourth-order valence-corrected chi connectivity index (χ4v) is 5.67. The zero-order valence-electron chi connectivity index (χ0n) is 24.9. The highest BCUT2D eigenvalue weighted by Gasteiger charge is 2.71. The summed E-state index contributed by atoms with van der Waals surface area (Å²) in [6.07, 6.45) is -35.2. The summed E-state index contributed by atoms with van der Waals surface area (Å²) in [5, 5.41) is 9.55. The second kappa shape index (κ2) is 12.1. The molecular formula is C23H11Br2F18N10+. The Morgan fingerprint density at radius 2 is 1.30 bits per heavy atom. The molecule has 3 aromatic rings. The van der Waals surface area contributed by atoms with Crippen molar-refractivity contribution >= 4 is 43.3 Å². The van der Waals surface area contributed by atoms with Crippen LogP contribution in [0.3, 0.4) is 0 Å². The van der Waals surface area contributed by atoms with Gasteiger partial charge < -0.3 is 0 Å². The Kier molecular flexibility index (Phi) is 9.22. The van der Waals surface area contributed by atoms with Crippen molar-refractivity contribution in [2.75, 3.05) is 0 Å². The summed E-state index contributed by atoms with van der Waals surface area (Å²) in [4.78, 5) is 0. The van der Waals surface area contributed by atoms with E-state index in [2.05, 4.69) is 52.3 Å². The second-order valence-corrected chi connectivity index (χ2v) is 12.3. The molecule has 5 rings (SSSR count). The minimum Gasteiger partial charge on any atom is -0.265 e. The second-order valence-electron chi connectivity index (χ2n) is 10.7. The SMILES string of the molecule is CC1=C(n2nc(C(F)(F)F)c(-n3nc(C(F)(F)F)cc3C(F)(F)F)c2C)C(C(F)(F)F)=N[NH+]1N1NC(C(F)(F)F)=CC1(n1cc(Br)c(Br)n1)C(F)(F)F. The number of quaternary nitrogens is 1. The number of halogens is 20. The predicted molar refractivity (Wildman–Crippen MR) is 143 cm³/mol. The van der Waals surface area contributed by atoms with Crippen LogP contribution >= 0.6 is 31.9 Å². The number of nitrogens with one attached hydrogen (secondary N) is 2. The number of rotatable bonds is 4. The monoisotopic (exact) mass is 927 g/mol. The molecule has 30 heteroatoms. The van der Waals surface area contributed by atoms with Crippen molar-refractivity contribution in [2.24, 2.45) is 5.10 Å². The first-order chi connectivity index (χ1) is 23.7. The van der Waals surface area contributed by atoms with Gasteiger partial charge in [0, 0.05) is 30.4 Å². The van der Waals surface area contributed by atoms with Gasteiger partial charge in [-0.15, -0.1) is 0 Å². The van der Waals surface area contributed by atoms with Crippen LogP contribution in [0, 0.1) is 6.92 Å². The summed E-state index contributed by atoms with van der Waals surface area (Å²) >= 11 is 5.48. The van der Waals surface area contributed by atoms with Gasteiger partial charge >= 0.3 is 42.7 Å². The van der Waals surface area contributed by atoms with Gasteiger partial charge in [-0.1, -0.05) is 5.12 Å². The van der Waals surface area contributed by atoms with Gasteiger partial charge in [0.25, 0.3) is 0 Å². The van der Waals surface area contributed by atoms with Gasteiger partial charge in [0.1, 0.15) is 21.7 Å². The van der Waals surface area contributed by atoms with E-state index in [1.165, 1.54) is 5.43 Å². The summed E-state index contributed by atoms with van der Waals surface area (Å²) in [6.45, 7) is 0.774. The van der Waals surface area contributed by atoms with E-state index in [4.69, 9.17) is 0 Å². The van der Waals surface area contributed by atoms with Crippen molar-refractivity contribution in [2.45, 2.75) is 56.6 Å². The van der Waals surface area contributed by atoms with E-state index < -0.39 is 130 Å². The van der Waals surface area contributed by atoms with E-state index >= 15 is 13.2 Å². The summed E-state index contributed by atoms with van der Waals surface area (Å²) in [6, 6.07) is -0.710. The summed E-state index contributed by atoms with van der Waals surface area (Å²) in [7, 11) is 0. The van der Waals surface area contributed by atoms with Gasteiger partial charge in [-0.3, -0.25) is 5.43 Å². The lowest BCUT2D eigenvalue weighted by atomic mass is 10.1. The van der Waals surface area contributed by atoms with E-state index in [9.17, 15) is 65.9 Å². The van der Waals surface area contributed by atoms with Crippen LogP contribution in [0.5, 0.6) is 0 Å². The molecule has 3 aromatic heterocycles. The number of aromatic nitrogens is 6. The molecule has 5 heterocycles. The van der Waals surface area contributed by atoms with Crippen molar-refractivity contribution in [3.05, 3.63) is 61.6 Å². The normalized spacial score (nSPS) is 21.1. The Bertz CT molecular complexity index is 2030. The molecule has 2 N–H and O–H groups in total. The number of allylic oxidation sites excluding steroid dienone is 3. The van der Waals surface area contributed by atoms with Gasteiger partial charge in [0.2, 0.25) is 5.71 Å². The average Bonchev–Trinajstić information content (AvgIpc) is 3.75. The third-order valence-corrected chi connectivity index (χ3v) is 9.00. The fourth-order valence-electron chi connectivity index (χ4n) is 5.13. The lowest BCUT2D eigenvalue weighted by Gasteiger charge is -2.37. The smallest absolute Gasteiger partial charge is 0.265 e. The Morgan fingerprint density at radius 3 is 1.74 bits per heavy atom. The third-order valence-electron chi connectivity index (χ3n) is 7.30. The maximum atomic E-state index is 15.0. The minimum absolute atomic E-state index is 0.193. The molecule has 0 spiro atoms. The number of hydrogen-bond donors (Lipinski definition) is 2. The summed E-state index contributed by atoms with van der Waals surface area (Å²) in [5.74, 6) is 0. The minimum atomic E-state index is -5.97. The number of hydrogen-bond acceptors (Lipinski definition) is 6. The van der Waals surface area contributed by atoms with Crippen LogP contribution < -0.4 is 10.5 Å². The highest BCUT2D eigenvalue weighted by atomic mass is 79.9. The summed E-state index contributed by atoms with van der Waals surface area (Å²) in [5.41, 5.74) is -21.7. The third kappa shape index (κ3) is 6.67. The molecule has 0 saturated heterocycles. The highest BCUT2D eigenvalue weighted by Crippen LogP contribution is 2.47. The number of nitrogens with zero attached hydrogens (tertiary/aromatic N) is 8. The number of alkyl halides is 18. The Morgan fingerprint density at radius 1 is 0.717 bits per heavy atom. The van der Waals surface area contributed by atoms with Crippen molar-refractivity contribution < 1.29 is 84.1 Å². The number of hydrazine groups is 1. The van der Waals surface area contributed by atoms with Crippen molar-refractivity contribution in [3.8, 4) is 5.69 Å². The van der Waals surface area contributed by atoms with Crippen LogP contribution in [0.25, 0.3) is 11.4 Å². The zero-order valence-corrected chi connectivity index (χ0v) is 28.0. The molecule has 53 heavy (non-hydrogen) atoms. The van der Waals surface area contributed by atoms with Crippen molar-refractivity contribution in [1.82, 2.24) is 39.9 Å². The van der Waals surface area contributed by atoms with Crippen LogP contribution in [-0.2, 0) is 24.2 Å². The van der Waals surface area contributed by atoms with Gasteiger partial charge in [-0.25, -0.2) is 14.0 Å². The molecule has 292 valence electrons. The van der Waals surface area contributed by atoms with E-state index in [1.54, 1.807) is 0 Å². The molecule has 2 unspecified atom stereocenters. The highest BCUT2D eigenvalue weighted by molar-refractivity contribution is 9.13. The molecule has 0 bridgehead atoms. The zero-order chi connectivity index (χ0) is 40.4. The van der Waals surface area contributed by atoms with Crippen LogP contribution in [0.15, 0.2) is 43.9 Å². The Labute approximate surface area is 296 Å². The van der Waals surface area contributed by atoms with Crippen molar-refractivity contribution in [3.63, 3.8) is 0 Å². The fraction of sp³-hybridized carbons (Fsp3) is 0.391. The molecule has 2 aliphatic heterocycles. The van der Waals surface area contributed by atoms with Crippen LogP contribution in [0.4, 0.5) is 79.0 Å². The molecule has 2 aliphatic rings. The maximum absolute atomic E-state index is 15.0. The summed E-state index contributed by atoms with van der Waals surface area (Å²) < 4.78 is 253. The van der Waals surface area contributed by atoms with Gasteiger partial charge in [-0.2, -0.15) is 94.3 Å². The molecule has 0 aliphatic carbocycles. The molecule has 0 fully saturated rings. The van der Waals surface area contributed by atoms with Gasteiger partial charge in [0.05, 0.1) is 10.2 Å². The Balaban J connectivity index is 1.84. The topological polar surface area (TPSA) is 85.5 Å². The average molecular weight is 929 g/mol. The molecular weight excluding hydrogens is 918 g/mol. The van der Waals surface area contributed by atoms with Crippen LogP contribution in [-0.4, -0.2) is 58.7 Å². The molecule has 0 amide bonds. The van der Waals surface area contributed by atoms with Gasteiger partial charge in [0.15, 0.2) is 22.8 Å². The first-order valence-corrected chi connectivity index (χ1v) is 14.8. The van der Waals surface area contributed by atoms with Gasteiger partial charge in [-0.05, 0) is 43.9 Å². The first kappa shape index (κ1) is 40.4. The van der Waals surface area contributed by atoms with Crippen LogP contribution in [0.2, 0.25) is 0 Å². The predicted octanol–water partition coefficient (Wildman–Crippen LogP) is 7.26. The molecule has 10 nitrogen and oxygen atoms in total. The van der Waals surface area contributed by atoms with E-state index in [1.807, 2.05) is 0 Å². The largest absolute Gasteiger partial charge is 0.441 e. The lowest BCUT2D eigenvalue weighted by molar-refractivity contribution is -1.01. The quantitative estimate of drug-likeness (QED) is 0.270.